The van der Waals surface area contributed by atoms with E-state index in [9.17, 15) is 9.70 Å². The zero-order chi connectivity index (χ0) is 7.28. The first-order chi connectivity index (χ1) is 4.22. The Morgan fingerprint density at radius 3 is 2.56 bits per heavy atom. The van der Waals surface area contributed by atoms with Crippen LogP contribution in [0.3, 0.4) is 0 Å². The highest BCUT2D eigenvalue weighted by atomic mass is 16.3. The normalized spacial score (nSPS) is 9.44. The standard InChI is InChI=1S/C6H7NO2/c1-3-4-5(2)6(8)7-9/h3-4H,2H2,1H3/b4-3-. The summed E-state index contributed by atoms with van der Waals surface area (Å²) in [6.45, 7) is 5.01. The molecule has 0 saturated carbocycles. The molecule has 0 aliphatic heterocycles. The summed E-state index contributed by atoms with van der Waals surface area (Å²) in [4.78, 5) is 19.8. The van der Waals surface area contributed by atoms with E-state index in [2.05, 4.69) is 11.8 Å². The maximum atomic E-state index is 10.3. The first-order valence-electron chi connectivity index (χ1n) is 2.41. The molecule has 0 heterocycles. The van der Waals surface area contributed by atoms with Crippen molar-refractivity contribution in [2.45, 2.75) is 6.92 Å². The van der Waals surface area contributed by atoms with Gasteiger partial charge >= 0.3 is 5.91 Å². The van der Waals surface area contributed by atoms with Crippen molar-refractivity contribution >= 4 is 5.91 Å². The fraction of sp³-hybridized carbons (Fsp3) is 0.167. The second-order valence-corrected chi connectivity index (χ2v) is 1.42. The highest BCUT2D eigenvalue weighted by molar-refractivity contribution is 5.95. The van der Waals surface area contributed by atoms with Gasteiger partial charge in [-0.05, 0) is 6.92 Å². The molecule has 0 aliphatic carbocycles. The van der Waals surface area contributed by atoms with Crippen molar-refractivity contribution in [2.75, 3.05) is 0 Å². The number of hydrogen-bond donors (Lipinski definition) is 0. The first-order valence-corrected chi connectivity index (χ1v) is 2.41. The van der Waals surface area contributed by atoms with Crippen LogP contribution >= 0.6 is 0 Å². The molecule has 0 N–H and O–H groups in total. The third-order valence-corrected chi connectivity index (χ3v) is 0.725. The van der Waals surface area contributed by atoms with Crippen LogP contribution in [0.25, 0.3) is 0 Å². The molecule has 48 valence electrons. The minimum absolute atomic E-state index is 0.118. The molecule has 0 aromatic rings. The Bertz CT molecular complexity index is 170. The third kappa shape index (κ3) is 2.54. The van der Waals surface area contributed by atoms with E-state index in [1.165, 1.54) is 6.08 Å². The van der Waals surface area contributed by atoms with Crippen molar-refractivity contribution in [1.82, 2.24) is 0 Å². The molecule has 0 aromatic heterocycles. The number of amides is 1. The van der Waals surface area contributed by atoms with Crippen LogP contribution in [0.2, 0.25) is 0 Å². The van der Waals surface area contributed by atoms with Crippen molar-refractivity contribution in [3.63, 3.8) is 0 Å². The van der Waals surface area contributed by atoms with Gasteiger partial charge in [-0.3, -0.25) is 4.79 Å². The van der Waals surface area contributed by atoms with Gasteiger partial charge in [0.2, 0.25) is 0 Å². The van der Waals surface area contributed by atoms with Gasteiger partial charge in [0.05, 0.1) is 0 Å². The molecule has 1 amide bonds. The van der Waals surface area contributed by atoms with Gasteiger partial charge in [0, 0.05) is 10.7 Å². The molecule has 0 aromatic carbocycles. The van der Waals surface area contributed by atoms with Gasteiger partial charge in [0.1, 0.15) is 0 Å². The van der Waals surface area contributed by atoms with E-state index in [4.69, 9.17) is 0 Å². The molecule has 0 bridgehead atoms. The number of hydrogen-bond acceptors (Lipinski definition) is 2. The lowest BCUT2D eigenvalue weighted by Crippen LogP contribution is -1.91. The van der Waals surface area contributed by atoms with Crippen molar-refractivity contribution in [1.29, 1.82) is 0 Å². The summed E-state index contributed by atoms with van der Waals surface area (Å²) in [5, 5.41) is 2.17. The van der Waals surface area contributed by atoms with Crippen LogP contribution in [0, 0.1) is 4.91 Å². The SMILES string of the molecule is C=C(/C=C\C)C(=O)N=O. The smallest absolute Gasteiger partial charge is 0.263 e. The molecular weight excluding hydrogens is 118 g/mol. The number of allylic oxidation sites excluding steroid dienone is 1. The predicted octanol–water partition coefficient (Wildman–Crippen LogP) is 1.41. The highest BCUT2D eigenvalue weighted by Crippen LogP contribution is 1.94. The number of rotatable bonds is 2. The minimum atomic E-state index is -0.812. The lowest BCUT2D eigenvalue weighted by Gasteiger charge is -1.83. The summed E-state index contributed by atoms with van der Waals surface area (Å²) in [6.07, 6.45) is 3.05. The van der Waals surface area contributed by atoms with Crippen LogP contribution < -0.4 is 0 Å². The first kappa shape index (κ1) is 7.75. The number of nitrogens with zero attached hydrogens (tertiary/aromatic N) is 1. The molecule has 0 aliphatic rings. The second-order valence-electron chi connectivity index (χ2n) is 1.42. The molecule has 3 nitrogen and oxygen atoms in total. The molecule has 0 spiro atoms. The Hall–Kier alpha value is -1.25. The summed E-state index contributed by atoms with van der Waals surface area (Å²) in [5.41, 5.74) is 0.118. The Kier molecular flexibility index (Phi) is 3.20. The second kappa shape index (κ2) is 3.72. The van der Waals surface area contributed by atoms with Crippen molar-refractivity contribution in [3.8, 4) is 0 Å². The Morgan fingerprint density at radius 1 is 1.67 bits per heavy atom. The van der Waals surface area contributed by atoms with E-state index >= 15 is 0 Å². The average Bonchev–Trinajstić information content (AvgIpc) is 1.87. The summed E-state index contributed by atoms with van der Waals surface area (Å²) in [7, 11) is 0. The van der Waals surface area contributed by atoms with Gasteiger partial charge in [-0.2, -0.15) is 0 Å². The number of nitroso groups, excluding NO2 is 1. The monoisotopic (exact) mass is 125 g/mol. The van der Waals surface area contributed by atoms with Gasteiger partial charge < -0.3 is 0 Å². The predicted molar refractivity (Wildman–Crippen MR) is 34.8 cm³/mol. The largest absolute Gasteiger partial charge is 0.316 e. The van der Waals surface area contributed by atoms with Crippen LogP contribution in [-0.2, 0) is 4.79 Å². The molecular formula is C6H7NO2. The van der Waals surface area contributed by atoms with E-state index in [-0.39, 0.29) is 5.57 Å². The van der Waals surface area contributed by atoms with Crippen LogP contribution in [0.15, 0.2) is 29.5 Å². The van der Waals surface area contributed by atoms with Gasteiger partial charge in [0.25, 0.3) is 0 Å². The van der Waals surface area contributed by atoms with Crippen molar-refractivity contribution < 1.29 is 4.79 Å². The minimum Gasteiger partial charge on any atom is -0.263 e. The Morgan fingerprint density at radius 2 is 2.22 bits per heavy atom. The van der Waals surface area contributed by atoms with Crippen LogP contribution in [0.1, 0.15) is 6.92 Å². The van der Waals surface area contributed by atoms with Crippen LogP contribution in [-0.4, -0.2) is 5.91 Å². The van der Waals surface area contributed by atoms with Crippen LogP contribution in [0.4, 0.5) is 0 Å². The average molecular weight is 125 g/mol. The van der Waals surface area contributed by atoms with E-state index in [0.29, 0.717) is 0 Å². The Labute approximate surface area is 53.0 Å². The maximum absolute atomic E-state index is 10.3. The Balaban J connectivity index is 4.04. The molecule has 3 heteroatoms. The third-order valence-electron chi connectivity index (χ3n) is 0.725. The van der Waals surface area contributed by atoms with E-state index in [0.717, 1.165) is 0 Å². The zero-order valence-corrected chi connectivity index (χ0v) is 5.13. The van der Waals surface area contributed by atoms with E-state index in [1.807, 2.05) is 0 Å². The van der Waals surface area contributed by atoms with Gasteiger partial charge in [-0.1, -0.05) is 18.7 Å². The van der Waals surface area contributed by atoms with Gasteiger partial charge in [-0.15, -0.1) is 4.91 Å². The molecule has 0 fully saturated rings. The maximum Gasteiger partial charge on any atom is 0.316 e. The molecule has 9 heavy (non-hydrogen) atoms. The van der Waals surface area contributed by atoms with Crippen molar-refractivity contribution in [3.05, 3.63) is 29.2 Å². The van der Waals surface area contributed by atoms with Gasteiger partial charge in [0.15, 0.2) is 0 Å². The number of carbonyl (C=O) groups excluding carboxylic acids is 1. The summed E-state index contributed by atoms with van der Waals surface area (Å²) >= 11 is 0. The fourth-order valence-corrected chi connectivity index (χ4v) is 0.331. The lowest BCUT2D eigenvalue weighted by molar-refractivity contribution is -0.114. The van der Waals surface area contributed by atoms with E-state index < -0.39 is 5.91 Å². The molecule has 0 radical (unpaired) electrons. The molecule has 0 rings (SSSR count). The summed E-state index contributed by atoms with van der Waals surface area (Å²) in [6, 6.07) is 0. The zero-order valence-electron chi connectivity index (χ0n) is 5.13. The number of carbonyl (C=O) groups is 1. The van der Waals surface area contributed by atoms with E-state index in [1.54, 1.807) is 13.0 Å². The van der Waals surface area contributed by atoms with Gasteiger partial charge in [-0.25, -0.2) is 0 Å². The quantitative estimate of drug-likeness (QED) is 0.318. The van der Waals surface area contributed by atoms with Crippen molar-refractivity contribution in [2.24, 2.45) is 5.18 Å². The summed E-state index contributed by atoms with van der Waals surface area (Å²) in [5.74, 6) is -0.812. The topological polar surface area (TPSA) is 46.5 Å². The molecule has 0 atom stereocenters. The molecule has 0 saturated heterocycles. The fourth-order valence-electron chi connectivity index (χ4n) is 0.331. The van der Waals surface area contributed by atoms with Crippen LogP contribution in [0.5, 0.6) is 0 Å². The highest BCUT2D eigenvalue weighted by Gasteiger charge is 1.99. The lowest BCUT2D eigenvalue weighted by atomic mass is 10.3. The summed E-state index contributed by atoms with van der Waals surface area (Å²) < 4.78 is 0. The molecule has 0 unspecified atom stereocenters.